The number of rotatable bonds is 2. The molecular weight excluding hydrogens is 403 g/mol. The van der Waals surface area contributed by atoms with E-state index in [0.717, 1.165) is 0 Å². The molecule has 1 fully saturated rings. The molecule has 0 bridgehead atoms. The van der Waals surface area contributed by atoms with Gasteiger partial charge in [-0.1, -0.05) is 0 Å². The van der Waals surface area contributed by atoms with Gasteiger partial charge in [-0.15, -0.1) is 12.4 Å². The van der Waals surface area contributed by atoms with E-state index in [1.165, 1.54) is 0 Å². The second-order valence-electron chi connectivity index (χ2n) is 5.53. The lowest BCUT2D eigenvalue weighted by Gasteiger charge is -2.37. The zero-order valence-electron chi connectivity index (χ0n) is 12.9. The van der Waals surface area contributed by atoms with Gasteiger partial charge in [0.15, 0.2) is 0 Å². The molecule has 0 radical (unpaired) electrons. The van der Waals surface area contributed by atoms with E-state index in [4.69, 9.17) is 0 Å². The summed E-state index contributed by atoms with van der Waals surface area (Å²) in [6.07, 6.45) is -15.4. The van der Waals surface area contributed by atoms with Crippen molar-refractivity contribution in [2.75, 3.05) is 26.2 Å². The van der Waals surface area contributed by atoms with Gasteiger partial charge in [0.2, 0.25) is 0 Å². The zero-order valence-corrected chi connectivity index (χ0v) is 13.7. The fourth-order valence-electron chi connectivity index (χ4n) is 2.74. The van der Waals surface area contributed by atoms with Crippen LogP contribution in [0.15, 0.2) is 18.2 Å². The van der Waals surface area contributed by atoms with Gasteiger partial charge in [-0.25, -0.2) is 0 Å². The third kappa shape index (κ3) is 5.17. The zero-order chi connectivity index (χ0) is 19.0. The molecule has 0 amide bonds. The molecule has 150 valence electrons. The normalized spacial score (nSPS) is 18.3. The summed E-state index contributed by atoms with van der Waals surface area (Å²) in [5.74, 6) is 0. The van der Waals surface area contributed by atoms with Crippen molar-refractivity contribution in [2.45, 2.75) is 24.6 Å². The fraction of sp³-hybridized carbons (Fsp3) is 0.571. The highest BCUT2D eigenvalue weighted by Crippen LogP contribution is 2.45. The Morgan fingerprint density at radius 2 is 1.38 bits per heavy atom. The smallest absolute Gasteiger partial charge is 0.314 e. The van der Waals surface area contributed by atoms with Crippen molar-refractivity contribution in [1.29, 1.82) is 0 Å². The minimum atomic E-state index is -5.21. The van der Waals surface area contributed by atoms with E-state index < -0.39 is 41.3 Å². The van der Waals surface area contributed by atoms with Gasteiger partial charge in [-0.05, 0) is 23.8 Å². The van der Waals surface area contributed by atoms with Crippen LogP contribution >= 0.6 is 12.4 Å². The second kappa shape index (κ2) is 7.81. The van der Waals surface area contributed by atoms with Crippen molar-refractivity contribution in [2.24, 2.45) is 0 Å². The summed E-state index contributed by atoms with van der Waals surface area (Å²) in [5.41, 5.74) is -4.71. The number of hydrogen-bond acceptors (Lipinski definition) is 2. The van der Waals surface area contributed by atoms with Crippen molar-refractivity contribution in [3.05, 3.63) is 34.9 Å². The summed E-state index contributed by atoms with van der Waals surface area (Å²) in [5, 5.41) is 2.74. The van der Waals surface area contributed by atoms with Crippen LogP contribution < -0.4 is 5.32 Å². The van der Waals surface area contributed by atoms with E-state index in [1.807, 2.05) is 0 Å². The Morgan fingerprint density at radius 3 is 1.81 bits per heavy atom. The van der Waals surface area contributed by atoms with Crippen molar-refractivity contribution in [3.63, 3.8) is 0 Å². The Balaban J connectivity index is 0.00000338. The van der Waals surface area contributed by atoms with Crippen molar-refractivity contribution in [1.82, 2.24) is 10.2 Å². The van der Waals surface area contributed by atoms with E-state index >= 15 is 0 Å². The maximum atomic E-state index is 13.5. The largest absolute Gasteiger partial charge is 0.416 e. The topological polar surface area (TPSA) is 15.3 Å². The molecule has 1 atom stereocenters. The fourth-order valence-corrected chi connectivity index (χ4v) is 2.74. The van der Waals surface area contributed by atoms with E-state index in [1.54, 1.807) is 0 Å². The predicted molar refractivity (Wildman–Crippen MR) is 76.9 cm³/mol. The van der Waals surface area contributed by atoms with Gasteiger partial charge >= 0.3 is 18.5 Å². The number of piperazine rings is 1. The number of alkyl halides is 9. The first-order chi connectivity index (χ1) is 11.3. The Hall–Kier alpha value is -1.20. The Kier molecular flexibility index (Phi) is 6.86. The summed E-state index contributed by atoms with van der Waals surface area (Å²) in [7, 11) is 0. The van der Waals surface area contributed by atoms with Crippen LogP contribution in [0.5, 0.6) is 0 Å². The molecule has 2 nitrogen and oxygen atoms in total. The summed E-state index contributed by atoms with van der Waals surface area (Å²) >= 11 is 0. The highest BCUT2D eigenvalue weighted by molar-refractivity contribution is 5.85. The van der Waals surface area contributed by atoms with Crippen LogP contribution in [-0.2, 0) is 12.4 Å². The van der Waals surface area contributed by atoms with Crippen LogP contribution in [0.4, 0.5) is 39.5 Å². The van der Waals surface area contributed by atoms with Crippen molar-refractivity contribution >= 4 is 12.4 Å². The standard InChI is InChI=1S/C14H13F9N2.ClH/c15-12(16,17)8-1-2-10(13(18,19)20)9(7-8)11(14(21,22)23)25-5-3-24-4-6-25;/h1-2,7,11,24H,3-6H2;1H/t11-;/m0./s1. The molecule has 0 aliphatic carbocycles. The molecule has 26 heavy (non-hydrogen) atoms. The number of nitrogens with zero attached hydrogens (tertiary/aromatic N) is 1. The minimum Gasteiger partial charge on any atom is -0.314 e. The molecule has 0 spiro atoms. The SMILES string of the molecule is Cl.FC(F)(F)c1ccc(C(F)(F)F)c([C@H](N2CCNCC2)C(F)(F)F)c1. The molecular formula is C14H14ClF9N2. The summed E-state index contributed by atoms with van der Waals surface area (Å²) < 4.78 is 118. The average Bonchev–Trinajstić information content (AvgIpc) is 2.45. The van der Waals surface area contributed by atoms with E-state index in [0.29, 0.717) is 4.90 Å². The van der Waals surface area contributed by atoms with Gasteiger partial charge in [-0.2, -0.15) is 39.5 Å². The first-order valence-electron chi connectivity index (χ1n) is 7.11. The van der Waals surface area contributed by atoms with Crippen LogP contribution in [0.25, 0.3) is 0 Å². The van der Waals surface area contributed by atoms with Crippen LogP contribution in [0.2, 0.25) is 0 Å². The van der Waals surface area contributed by atoms with Gasteiger partial charge in [0, 0.05) is 26.2 Å². The van der Waals surface area contributed by atoms with Crippen LogP contribution in [0.1, 0.15) is 22.7 Å². The van der Waals surface area contributed by atoms with Gasteiger partial charge in [0.05, 0.1) is 11.1 Å². The molecule has 1 aromatic carbocycles. The molecule has 1 aliphatic heterocycles. The molecule has 2 rings (SSSR count). The van der Waals surface area contributed by atoms with Gasteiger partial charge in [0.1, 0.15) is 6.04 Å². The van der Waals surface area contributed by atoms with Crippen LogP contribution in [0.3, 0.4) is 0 Å². The van der Waals surface area contributed by atoms with Gasteiger partial charge in [0.25, 0.3) is 0 Å². The summed E-state index contributed by atoms with van der Waals surface area (Å²) in [4.78, 5) is 0.710. The van der Waals surface area contributed by atoms with Gasteiger partial charge < -0.3 is 5.32 Å². The Labute approximate surface area is 148 Å². The lowest BCUT2D eigenvalue weighted by Crippen LogP contribution is -2.49. The maximum Gasteiger partial charge on any atom is 0.416 e. The van der Waals surface area contributed by atoms with Crippen molar-refractivity contribution < 1.29 is 39.5 Å². The Bertz CT molecular complexity index is 604. The third-order valence-corrected chi connectivity index (χ3v) is 3.81. The van der Waals surface area contributed by atoms with E-state index in [-0.39, 0.29) is 56.8 Å². The van der Waals surface area contributed by atoms with Crippen LogP contribution in [-0.4, -0.2) is 37.3 Å². The molecule has 0 aromatic heterocycles. The monoisotopic (exact) mass is 416 g/mol. The summed E-state index contributed by atoms with van der Waals surface area (Å²) in [6, 6.07) is -2.63. The molecule has 1 saturated heterocycles. The molecule has 1 heterocycles. The lowest BCUT2D eigenvalue weighted by atomic mass is 9.95. The lowest BCUT2D eigenvalue weighted by molar-refractivity contribution is -0.191. The maximum absolute atomic E-state index is 13.5. The van der Waals surface area contributed by atoms with E-state index in [2.05, 4.69) is 5.32 Å². The molecule has 0 unspecified atom stereocenters. The number of benzene rings is 1. The number of halogens is 10. The highest BCUT2D eigenvalue weighted by atomic mass is 35.5. The molecule has 0 saturated carbocycles. The first-order valence-corrected chi connectivity index (χ1v) is 7.11. The highest BCUT2D eigenvalue weighted by Gasteiger charge is 2.49. The first kappa shape index (κ1) is 22.8. The average molecular weight is 417 g/mol. The number of hydrogen-bond donors (Lipinski definition) is 1. The molecule has 12 heteroatoms. The molecule has 1 aromatic rings. The molecule has 1 aliphatic rings. The van der Waals surface area contributed by atoms with E-state index in [9.17, 15) is 39.5 Å². The number of nitrogens with one attached hydrogen (secondary N) is 1. The predicted octanol–water partition coefficient (Wildman–Crippen LogP) is 4.65. The second-order valence-corrected chi connectivity index (χ2v) is 5.53. The third-order valence-electron chi connectivity index (χ3n) is 3.81. The Morgan fingerprint density at radius 1 is 0.846 bits per heavy atom. The molecule has 1 N–H and O–H groups in total. The van der Waals surface area contributed by atoms with Gasteiger partial charge in [-0.3, -0.25) is 4.90 Å². The van der Waals surface area contributed by atoms with Crippen LogP contribution in [0, 0.1) is 0 Å². The minimum absolute atomic E-state index is 0. The quantitative estimate of drug-likeness (QED) is 0.706. The summed E-state index contributed by atoms with van der Waals surface area (Å²) in [6.45, 7) is -0.296. The van der Waals surface area contributed by atoms with Crippen molar-refractivity contribution in [3.8, 4) is 0 Å².